The van der Waals surface area contributed by atoms with Crippen molar-refractivity contribution < 1.29 is 0 Å². The van der Waals surface area contributed by atoms with Crippen LogP contribution in [0.15, 0.2) is 30.3 Å². The van der Waals surface area contributed by atoms with Gasteiger partial charge in [-0.2, -0.15) is 0 Å². The van der Waals surface area contributed by atoms with Crippen LogP contribution in [0.4, 0.5) is 5.69 Å². The Morgan fingerprint density at radius 2 is 1.79 bits per heavy atom. The van der Waals surface area contributed by atoms with Crippen molar-refractivity contribution in [2.24, 2.45) is 0 Å². The van der Waals surface area contributed by atoms with E-state index in [4.69, 9.17) is 17.2 Å². The Kier molecular flexibility index (Phi) is 5.11. The maximum absolute atomic E-state index is 5.73. The molecule has 1 aliphatic heterocycles. The lowest BCUT2D eigenvalue weighted by Crippen LogP contribution is -2.41. The fraction of sp³-hybridized carbons (Fsp3) is 0.391. The number of hydrogen-bond donors (Lipinski definition) is 2. The van der Waals surface area contributed by atoms with Crippen molar-refractivity contribution in [1.29, 1.82) is 0 Å². The summed E-state index contributed by atoms with van der Waals surface area (Å²) in [6, 6.07) is 10.8. The smallest absolute Gasteiger partial charge is 0.173 e. The molecule has 1 fully saturated rings. The quantitative estimate of drug-likeness (QED) is 0.575. The molecule has 146 valence electrons. The van der Waals surface area contributed by atoms with Gasteiger partial charge in [-0.1, -0.05) is 6.07 Å². The number of rotatable bonds is 2. The van der Waals surface area contributed by atoms with E-state index >= 15 is 0 Å². The van der Waals surface area contributed by atoms with Crippen molar-refractivity contribution in [3.63, 3.8) is 0 Å². The Balaban J connectivity index is 1.50. The van der Waals surface area contributed by atoms with Crippen molar-refractivity contribution in [3.05, 3.63) is 58.4 Å². The Morgan fingerprint density at radius 3 is 2.54 bits per heavy atom. The number of likely N-dealkylation sites (tertiary alicyclic amines) is 1. The maximum atomic E-state index is 5.73. The lowest BCUT2D eigenvalue weighted by molar-refractivity contribution is 0.307. The minimum Gasteiger partial charge on any atom is -0.348 e. The fourth-order valence-corrected chi connectivity index (χ4v) is 4.40. The van der Waals surface area contributed by atoms with Gasteiger partial charge in [-0.05, 0) is 99.3 Å². The van der Waals surface area contributed by atoms with Gasteiger partial charge in [0.25, 0.3) is 0 Å². The van der Waals surface area contributed by atoms with Crippen molar-refractivity contribution >= 4 is 34.1 Å². The van der Waals surface area contributed by atoms with Gasteiger partial charge in [-0.25, -0.2) is 4.98 Å². The highest BCUT2D eigenvalue weighted by Gasteiger charge is 2.25. The van der Waals surface area contributed by atoms with Gasteiger partial charge in [0.1, 0.15) is 5.82 Å². The average molecular weight is 393 g/mol. The van der Waals surface area contributed by atoms with Crippen LogP contribution in [-0.2, 0) is 0 Å². The van der Waals surface area contributed by atoms with Crippen LogP contribution in [0.5, 0.6) is 0 Å². The van der Waals surface area contributed by atoms with Gasteiger partial charge in [0.15, 0.2) is 5.11 Å². The molecular weight excluding hydrogens is 364 g/mol. The number of fused-ring (bicyclic) bond motifs is 1. The van der Waals surface area contributed by atoms with Crippen LogP contribution >= 0.6 is 12.2 Å². The Labute approximate surface area is 172 Å². The van der Waals surface area contributed by atoms with E-state index in [-0.39, 0.29) is 0 Å². The zero-order valence-electron chi connectivity index (χ0n) is 17.1. The standard InChI is InChI=1S/C23H28N4S/c1-14-8-15(2)10-19(9-14)24-23(28)27-7-5-6-18(13-27)22-25-20-11-16(3)17(4)12-21(20)26-22/h8-12,18H,5-7,13H2,1-4H3,(H,24,28)(H,25,26)/t18-/m0/s1. The van der Waals surface area contributed by atoms with Gasteiger partial charge in [-0.15, -0.1) is 0 Å². The summed E-state index contributed by atoms with van der Waals surface area (Å²) in [7, 11) is 0. The van der Waals surface area contributed by atoms with E-state index in [1.54, 1.807) is 0 Å². The second-order valence-corrected chi connectivity index (χ2v) is 8.55. The van der Waals surface area contributed by atoms with E-state index in [1.807, 2.05) is 0 Å². The van der Waals surface area contributed by atoms with Crippen molar-refractivity contribution in [1.82, 2.24) is 14.9 Å². The highest BCUT2D eigenvalue weighted by Crippen LogP contribution is 2.28. The van der Waals surface area contributed by atoms with Crippen LogP contribution in [0.25, 0.3) is 11.0 Å². The summed E-state index contributed by atoms with van der Waals surface area (Å²) in [6.07, 6.45) is 2.26. The summed E-state index contributed by atoms with van der Waals surface area (Å²) in [5, 5.41) is 4.24. The number of thiocarbonyl (C=S) groups is 1. The second kappa shape index (κ2) is 7.55. The summed E-state index contributed by atoms with van der Waals surface area (Å²) >= 11 is 5.73. The molecule has 1 atom stereocenters. The van der Waals surface area contributed by atoms with Gasteiger partial charge < -0.3 is 15.2 Å². The molecule has 2 aromatic carbocycles. The van der Waals surface area contributed by atoms with Gasteiger partial charge >= 0.3 is 0 Å². The first-order chi connectivity index (χ1) is 13.4. The molecule has 28 heavy (non-hydrogen) atoms. The zero-order valence-corrected chi connectivity index (χ0v) is 17.9. The molecular formula is C23H28N4S. The minimum atomic E-state index is 0.376. The van der Waals surface area contributed by atoms with E-state index in [1.165, 1.54) is 22.3 Å². The van der Waals surface area contributed by atoms with E-state index < -0.39 is 0 Å². The van der Waals surface area contributed by atoms with Gasteiger partial charge in [0.2, 0.25) is 0 Å². The Hall–Kier alpha value is -2.40. The summed E-state index contributed by atoms with van der Waals surface area (Å²) in [5.41, 5.74) is 8.34. The van der Waals surface area contributed by atoms with Crippen LogP contribution < -0.4 is 5.32 Å². The molecule has 4 nitrogen and oxygen atoms in total. The minimum absolute atomic E-state index is 0.376. The van der Waals surface area contributed by atoms with E-state index in [2.05, 4.69) is 73.2 Å². The molecule has 3 aromatic rings. The molecule has 0 radical (unpaired) electrons. The lowest BCUT2D eigenvalue weighted by Gasteiger charge is -2.34. The van der Waals surface area contributed by atoms with Gasteiger partial charge in [0, 0.05) is 24.7 Å². The number of H-pyrrole nitrogens is 1. The van der Waals surface area contributed by atoms with Gasteiger partial charge in [0.05, 0.1) is 11.0 Å². The predicted octanol–water partition coefficient (Wildman–Crippen LogP) is 5.37. The van der Waals surface area contributed by atoms with Crippen LogP contribution in [-0.4, -0.2) is 33.1 Å². The molecule has 0 aliphatic carbocycles. The number of aromatic amines is 1. The van der Waals surface area contributed by atoms with Crippen LogP contribution in [0.1, 0.15) is 46.8 Å². The Morgan fingerprint density at radius 1 is 1.07 bits per heavy atom. The largest absolute Gasteiger partial charge is 0.348 e. The molecule has 1 aromatic heterocycles. The first kappa shape index (κ1) is 18.9. The molecule has 4 rings (SSSR count). The summed E-state index contributed by atoms with van der Waals surface area (Å²) in [6.45, 7) is 10.4. The topological polar surface area (TPSA) is 44.0 Å². The van der Waals surface area contributed by atoms with Crippen LogP contribution in [0.2, 0.25) is 0 Å². The number of anilines is 1. The second-order valence-electron chi connectivity index (χ2n) is 8.17. The molecule has 0 saturated carbocycles. The van der Waals surface area contributed by atoms with E-state index in [9.17, 15) is 0 Å². The number of hydrogen-bond acceptors (Lipinski definition) is 2. The highest BCUT2D eigenvalue weighted by molar-refractivity contribution is 7.80. The molecule has 1 aliphatic rings. The van der Waals surface area contributed by atoms with Crippen LogP contribution in [0, 0.1) is 27.7 Å². The molecule has 2 N–H and O–H groups in total. The predicted molar refractivity (Wildman–Crippen MR) is 121 cm³/mol. The summed E-state index contributed by atoms with van der Waals surface area (Å²) < 4.78 is 0. The monoisotopic (exact) mass is 392 g/mol. The molecule has 0 spiro atoms. The van der Waals surface area contributed by atoms with E-state index in [0.717, 1.165) is 53.6 Å². The Bertz CT molecular complexity index is 977. The number of aromatic nitrogens is 2. The lowest BCUT2D eigenvalue weighted by atomic mass is 9.98. The van der Waals surface area contributed by atoms with Crippen molar-refractivity contribution in [2.75, 3.05) is 18.4 Å². The number of imidazole rings is 1. The normalized spacial score (nSPS) is 17.1. The molecule has 2 heterocycles. The van der Waals surface area contributed by atoms with Crippen molar-refractivity contribution in [3.8, 4) is 0 Å². The first-order valence-corrected chi connectivity index (χ1v) is 10.4. The summed E-state index contributed by atoms with van der Waals surface area (Å²) in [4.78, 5) is 10.7. The highest BCUT2D eigenvalue weighted by atomic mass is 32.1. The van der Waals surface area contributed by atoms with Gasteiger partial charge in [-0.3, -0.25) is 0 Å². The number of aryl methyl sites for hydroxylation is 4. The third kappa shape index (κ3) is 3.90. The maximum Gasteiger partial charge on any atom is 0.173 e. The SMILES string of the molecule is Cc1cc(C)cc(NC(=S)N2CCC[C@H](c3nc4cc(C)c(C)cc4[nH]3)C2)c1. The molecule has 5 heteroatoms. The molecule has 0 unspecified atom stereocenters. The fourth-order valence-electron chi connectivity index (χ4n) is 4.12. The number of piperidine rings is 1. The average Bonchev–Trinajstić information content (AvgIpc) is 3.04. The number of nitrogens with one attached hydrogen (secondary N) is 2. The molecule has 0 bridgehead atoms. The number of benzene rings is 2. The first-order valence-electron chi connectivity index (χ1n) is 10.00. The van der Waals surface area contributed by atoms with E-state index in [0.29, 0.717) is 5.92 Å². The molecule has 1 saturated heterocycles. The molecule has 0 amide bonds. The zero-order chi connectivity index (χ0) is 19.8. The third-order valence-corrected chi connectivity index (χ3v) is 6.04. The summed E-state index contributed by atoms with van der Waals surface area (Å²) in [5.74, 6) is 1.46. The van der Waals surface area contributed by atoms with Crippen molar-refractivity contribution in [2.45, 2.75) is 46.5 Å². The number of nitrogens with zero attached hydrogens (tertiary/aromatic N) is 2. The van der Waals surface area contributed by atoms with Crippen LogP contribution in [0.3, 0.4) is 0 Å². The third-order valence-electron chi connectivity index (χ3n) is 5.68.